The Morgan fingerprint density at radius 2 is 1.78 bits per heavy atom. The molecule has 0 aliphatic carbocycles. The fourth-order valence-corrected chi connectivity index (χ4v) is 3.87. The van der Waals surface area contributed by atoms with Gasteiger partial charge < -0.3 is 15.0 Å². The molecule has 7 nitrogen and oxygen atoms in total. The number of hydrogen-bond donors (Lipinski definition) is 1. The van der Waals surface area contributed by atoms with Gasteiger partial charge in [-0.2, -0.15) is 5.10 Å². The first kappa shape index (κ1) is 27.0. The third-order valence-corrected chi connectivity index (χ3v) is 5.98. The Kier molecular flexibility index (Phi) is 8.91. The van der Waals surface area contributed by atoms with E-state index in [1.54, 1.807) is 41.0 Å². The van der Waals surface area contributed by atoms with Crippen molar-refractivity contribution in [2.24, 2.45) is 0 Å². The number of benzene rings is 2. The highest BCUT2D eigenvalue weighted by atomic mass is 16.5. The molecule has 0 atom stereocenters. The number of nitrogens with one attached hydrogen (secondary N) is 1. The summed E-state index contributed by atoms with van der Waals surface area (Å²) < 4.78 is 6.97. The Morgan fingerprint density at radius 1 is 1.06 bits per heavy atom. The first-order chi connectivity index (χ1) is 17.1. The van der Waals surface area contributed by atoms with Gasteiger partial charge in [-0.1, -0.05) is 52.7 Å². The van der Waals surface area contributed by atoms with Gasteiger partial charge in [0.25, 0.3) is 5.91 Å². The van der Waals surface area contributed by atoms with Gasteiger partial charge in [0.05, 0.1) is 18.5 Å². The molecule has 0 unspecified atom stereocenters. The second kappa shape index (κ2) is 11.9. The molecule has 2 amide bonds. The van der Waals surface area contributed by atoms with Crippen LogP contribution < -0.4 is 10.1 Å². The molecule has 1 aromatic heterocycles. The minimum absolute atomic E-state index is 0.0432. The molecule has 0 aliphatic heterocycles. The maximum Gasteiger partial charge on any atom is 0.254 e. The quantitative estimate of drug-likeness (QED) is 0.367. The minimum Gasteiger partial charge on any atom is -0.497 e. The van der Waals surface area contributed by atoms with Gasteiger partial charge in [-0.25, -0.2) is 4.68 Å². The van der Waals surface area contributed by atoms with E-state index in [9.17, 15) is 9.59 Å². The van der Waals surface area contributed by atoms with E-state index in [0.717, 1.165) is 36.2 Å². The molecule has 0 aliphatic rings. The summed E-state index contributed by atoms with van der Waals surface area (Å²) in [5, 5.41) is 7.81. The number of amides is 2. The Hall–Kier alpha value is -3.61. The second-order valence-corrected chi connectivity index (χ2v) is 10.1. The lowest BCUT2D eigenvalue weighted by Crippen LogP contribution is -2.39. The molecule has 1 heterocycles. The number of carbonyl (C=O) groups is 2. The summed E-state index contributed by atoms with van der Waals surface area (Å²) in [4.78, 5) is 28.1. The molecular weight excluding hydrogens is 452 g/mol. The average Bonchev–Trinajstić information content (AvgIpc) is 3.27. The number of carbonyl (C=O) groups excluding carboxylic acids is 2. The highest BCUT2D eigenvalue weighted by Gasteiger charge is 2.23. The molecule has 36 heavy (non-hydrogen) atoms. The molecule has 0 saturated carbocycles. The monoisotopic (exact) mass is 490 g/mol. The number of hydrogen-bond acceptors (Lipinski definition) is 4. The third kappa shape index (κ3) is 6.97. The van der Waals surface area contributed by atoms with Crippen molar-refractivity contribution in [1.82, 2.24) is 14.7 Å². The lowest BCUT2D eigenvalue weighted by atomic mass is 9.92. The summed E-state index contributed by atoms with van der Waals surface area (Å²) in [7, 11) is 1.59. The van der Waals surface area contributed by atoms with Gasteiger partial charge in [-0.05, 0) is 55.3 Å². The Morgan fingerprint density at radius 3 is 2.39 bits per heavy atom. The molecule has 0 saturated heterocycles. The zero-order chi connectivity index (χ0) is 26.3. The van der Waals surface area contributed by atoms with E-state index in [4.69, 9.17) is 9.84 Å². The Balaban J connectivity index is 1.84. The van der Waals surface area contributed by atoms with E-state index in [2.05, 4.69) is 33.0 Å². The highest BCUT2D eigenvalue weighted by Crippen LogP contribution is 2.26. The Labute approximate surface area is 214 Å². The first-order valence-electron chi connectivity index (χ1n) is 12.5. The van der Waals surface area contributed by atoms with Crippen LogP contribution in [0.4, 0.5) is 5.82 Å². The van der Waals surface area contributed by atoms with E-state index < -0.39 is 0 Å². The van der Waals surface area contributed by atoms with Crippen molar-refractivity contribution in [3.8, 4) is 11.4 Å². The minimum atomic E-state index is -0.261. The van der Waals surface area contributed by atoms with Crippen molar-refractivity contribution in [2.75, 3.05) is 25.5 Å². The van der Waals surface area contributed by atoms with E-state index >= 15 is 0 Å². The molecule has 7 heteroatoms. The first-order valence-corrected chi connectivity index (χ1v) is 12.5. The summed E-state index contributed by atoms with van der Waals surface area (Å²) in [6, 6.07) is 16.9. The maximum atomic E-state index is 13.3. The predicted octanol–water partition coefficient (Wildman–Crippen LogP) is 5.76. The Bertz CT molecular complexity index is 1180. The summed E-state index contributed by atoms with van der Waals surface area (Å²) in [5.74, 6) is 0.830. The molecular formula is C29H38N4O3. The van der Waals surface area contributed by atoms with Gasteiger partial charge in [-0.3, -0.25) is 9.59 Å². The summed E-state index contributed by atoms with van der Waals surface area (Å²) in [6.45, 7) is 10.9. The van der Waals surface area contributed by atoms with Gasteiger partial charge in [0.15, 0.2) is 0 Å². The van der Waals surface area contributed by atoms with Crippen molar-refractivity contribution in [3.05, 3.63) is 71.4 Å². The van der Waals surface area contributed by atoms with Crippen molar-refractivity contribution in [3.63, 3.8) is 0 Å². The molecule has 0 radical (unpaired) electrons. The average molecular weight is 491 g/mol. The smallest absolute Gasteiger partial charge is 0.254 e. The van der Waals surface area contributed by atoms with Gasteiger partial charge >= 0.3 is 0 Å². The van der Waals surface area contributed by atoms with Crippen molar-refractivity contribution in [1.29, 1.82) is 0 Å². The van der Waals surface area contributed by atoms with Gasteiger partial charge in [-0.15, -0.1) is 0 Å². The maximum absolute atomic E-state index is 13.3. The molecule has 3 rings (SSSR count). The molecule has 0 spiro atoms. The van der Waals surface area contributed by atoms with E-state index in [0.29, 0.717) is 23.7 Å². The van der Waals surface area contributed by atoms with Crippen molar-refractivity contribution in [2.45, 2.75) is 59.3 Å². The van der Waals surface area contributed by atoms with Crippen LogP contribution in [0.3, 0.4) is 0 Å². The molecule has 0 fully saturated rings. The number of rotatable bonds is 10. The van der Waals surface area contributed by atoms with Crippen LogP contribution in [0.15, 0.2) is 54.6 Å². The fourth-order valence-electron chi connectivity index (χ4n) is 3.87. The highest BCUT2D eigenvalue weighted by molar-refractivity contribution is 5.99. The third-order valence-electron chi connectivity index (χ3n) is 5.98. The van der Waals surface area contributed by atoms with Gasteiger partial charge in [0, 0.05) is 23.6 Å². The second-order valence-electron chi connectivity index (χ2n) is 10.1. The molecule has 3 aromatic rings. The normalized spacial score (nSPS) is 11.3. The lowest BCUT2D eigenvalue weighted by Gasteiger charge is -2.22. The molecule has 192 valence electrons. The summed E-state index contributed by atoms with van der Waals surface area (Å²) in [6.07, 6.45) is 2.85. The molecule has 2 aromatic carbocycles. The van der Waals surface area contributed by atoms with Crippen LogP contribution in [0.1, 0.15) is 68.6 Å². The van der Waals surface area contributed by atoms with E-state index in [1.165, 1.54) is 0 Å². The summed E-state index contributed by atoms with van der Waals surface area (Å²) >= 11 is 0. The van der Waals surface area contributed by atoms with E-state index in [-0.39, 0.29) is 23.8 Å². The zero-order valence-corrected chi connectivity index (χ0v) is 22.3. The van der Waals surface area contributed by atoms with E-state index in [1.807, 2.05) is 37.3 Å². The number of aromatic nitrogens is 2. The molecule has 0 bridgehead atoms. The van der Waals surface area contributed by atoms with Crippen LogP contribution in [0.25, 0.3) is 5.69 Å². The lowest BCUT2D eigenvalue weighted by molar-refractivity contribution is -0.117. The fraction of sp³-hybridized carbons (Fsp3) is 0.414. The number of nitrogens with zero attached hydrogens (tertiary/aromatic N) is 3. The van der Waals surface area contributed by atoms with Crippen LogP contribution in [0.5, 0.6) is 5.75 Å². The zero-order valence-electron chi connectivity index (χ0n) is 22.3. The topological polar surface area (TPSA) is 76.5 Å². The van der Waals surface area contributed by atoms with Crippen LogP contribution in [0.2, 0.25) is 0 Å². The number of methoxy groups -OCH3 is 1. The number of aryl methyl sites for hydroxylation is 1. The predicted molar refractivity (Wildman–Crippen MR) is 144 cm³/mol. The van der Waals surface area contributed by atoms with Crippen LogP contribution in [-0.4, -0.2) is 46.7 Å². The van der Waals surface area contributed by atoms with Crippen LogP contribution >= 0.6 is 0 Å². The van der Waals surface area contributed by atoms with Crippen molar-refractivity contribution < 1.29 is 14.3 Å². The largest absolute Gasteiger partial charge is 0.497 e. The standard InChI is InChI=1S/C29H38N4O3/c1-7-8-9-17-32(28(35)22-13-15-24(36-6)16-14-22)20-27(34)30-26-19-25(29(3,4)5)31-33(26)23-12-10-11-21(2)18-23/h10-16,18-19H,7-9,17,20H2,1-6H3,(H,30,34). The number of unbranched alkanes of at least 4 members (excludes halogenated alkanes) is 2. The SMILES string of the molecule is CCCCCN(CC(=O)Nc1cc(C(C)(C)C)nn1-c1cccc(C)c1)C(=O)c1ccc(OC)cc1. The number of anilines is 1. The van der Waals surface area contributed by atoms with Crippen LogP contribution in [0, 0.1) is 6.92 Å². The summed E-state index contributed by atoms with van der Waals surface area (Å²) in [5.41, 5.74) is 3.18. The van der Waals surface area contributed by atoms with Crippen LogP contribution in [-0.2, 0) is 10.2 Å². The number of ether oxygens (including phenoxy) is 1. The molecule has 1 N–H and O–H groups in total. The van der Waals surface area contributed by atoms with Gasteiger partial charge in [0.2, 0.25) is 5.91 Å². The van der Waals surface area contributed by atoms with Gasteiger partial charge in [0.1, 0.15) is 18.1 Å². The van der Waals surface area contributed by atoms with Crippen molar-refractivity contribution >= 4 is 17.6 Å².